The van der Waals surface area contributed by atoms with E-state index in [0.717, 1.165) is 6.07 Å². The summed E-state index contributed by atoms with van der Waals surface area (Å²) in [6.45, 7) is -1.13. The number of rotatable bonds is 8. The van der Waals surface area contributed by atoms with Gasteiger partial charge in [0.05, 0.1) is 12.2 Å². The van der Waals surface area contributed by atoms with Crippen LogP contribution in [-0.2, 0) is 9.53 Å². The van der Waals surface area contributed by atoms with Gasteiger partial charge in [-0.25, -0.2) is 4.79 Å². The molecule has 0 atom stereocenters. The van der Waals surface area contributed by atoms with Gasteiger partial charge < -0.3 is 19.5 Å². The third-order valence-corrected chi connectivity index (χ3v) is 3.08. The van der Waals surface area contributed by atoms with E-state index in [1.165, 1.54) is 18.2 Å². The van der Waals surface area contributed by atoms with E-state index >= 15 is 0 Å². The van der Waals surface area contributed by atoms with Crippen LogP contribution in [0.1, 0.15) is 17.3 Å². The molecule has 0 heterocycles. The van der Waals surface area contributed by atoms with Crippen molar-refractivity contribution in [3.05, 3.63) is 54.1 Å². The maximum absolute atomic E-state index is 12.2. The van der Waals surface area contributed by atoms with Crippen LogP contribution in [0.2, 0.25) is 0 Å². The number of hydrogen-bond acceptors (Lipinski definition) is 5. The number of nitrogens with one attached hydrogen (secondary N) is 1. The highest BCUT2D eigenvalue weighted by atomic mass is 19.3. The zero-order valence-electron chi connectivity index (χ0n) is 13.9. The molecule has 1 N–H and O–H groups in total. The summed E-state index contributed by atoms with van der Waals surface area (Å²) >= 11 is 0. The average molecular weight is 365 g/mol. The SMILES string of the molecule is CCOc1ccc(NC(=O)COC(=O)c2cccc(OC(F)F)c2)cc1. The lowest BCUT2D eigenvalue weighted by atomic mass is 10.2. The molecule has 0 fully saturated rings. The minimum absolute atomic E-state index is 0.00276. The molecule has 0 aliphatic heterocycles. The molecular weight excluding hydrogens is 348 g/mol. The van der Waals surface area contributed by atoms with Gasteiger partial charge in [0.25, 0.3) is 5.91 Å². The molecule has 0 radical (unpaired) electrons. The molecule has 138 valence electrons. The normalized spacial score (nSPS) is 10.3. The van der Waals surface area contributed by atoms with Gasteiger partial charge in [-0.15, -0.1) is 0 Å². The number of benzene rings is 2. The molecule has 0 bridgehead atoms. The van der Waals surface area contributed by atoms with Crippen LogP contribution < -0.4 is 14.8 Å². The van der Waals surface area contributed by atoms with Gasteiger partial charge in [0, 0.05) is 5.69 Å². The summed E-state index contributed by atoms with van der Waals surface area (Å²) in [5.41, 5.74) is 0.513. The number of amides is 1. The van der Waals surface area contributed by atoms with Crippen LogP contribution >= 0.6 is 0 Å². The van der Waals surface area contributed by atoms with E-state index in [0.29, 0.717) is 18.0 Å². The summed E-state index contributed by atoms with van der Waals surface area (Å²) in [5, 5.41) is 2.56. The molecule has 2 aromatic rings. The minimum Gasteiger partial charge on any atom is -0.494 e. The first-order chi connectivity index (χ1) is 12.5. The fraction of sp³-hybridized carbons (Fsp3) is 0.222. The Hall–Kier alpha value is -3.16. The summed E-state index contributed by atoms with van der Waals surface area (Å²) in [7, 11) is 0. The van der Waals surface area contributed by atoms with Crippen LogP contribution in [0.4, 0.5) is 14.5 Å². The number of hydrogen-bond donors (Lipinski definition) is 1. The third kappa shape index (κ3) is 6.04. The standard InChI is InChI=1S/C18H17F2NO5/c1-2-24-14-8-6-13(7-9-14)21-16(22)11-25-17(23)12-4-3-5-15(10-12)26-18(19)20/h3-10,18H,2,11H2,1H3,(H,21,22). The second-order valence-corrected chi connectivity index (χ2v) is 4.99. The van der Waals surface area contributed by atoms with E-state index in [9.17, 15) is 18.4 Å². The molecule has 0 aromatic heterocycles. The quantitative estimate of drug-likeness (QED) is 0.725. The molecular formula is C18H17F2NO5. The molecule has 6 nitrogen and oxygen atoms in total. The fourth-order valence-electron chi connectivity index (χ4n) is 2.01. The molecule has 8 heteroatoms. The lowest BCUT2D eigenvalue weighted by molar-refractivity contribution is -0.119. The number of alkyl halides is 2. The van der Waals surface area contributed by atoms with Crippen molar-refractivity contribution in [2.24, 2.45) is 0 Å². The largest absolute Gasteiger partial charge is 0.494 e. The number of carbonyl (C=O) groups is 2. The Balaban J connectivity index is 1.85. The topological polar surface area (TPSA) is 73.9 Å². The molecule has 0 aliphatic carbocycles. The highest BCUT2D eigenvalue weighted by Gasteiger charge is 2.13. The average Bonchev–Trinajstić information content (AvgIpc) is 2.61. The molecule has 0 saturated heterocycles. The molecule has 26 heavy (non-hydrogen) atoms. The minimum atomic E-state index is -3.00. The monoisotopic (exact) mass is 365 g/mol. The van der Waals surface area contributed by atoms with Gasteiger partial charge in [-0.1, -0.05) is 6.07 Å². The zero-order valence-corrected chi connectivity index (χ0v) is 13.9. The van der Waals surface area contributed by atoms with Gasteiger partial charge in [0.2, 0.25) is 0 Å². The summed E-state index contributed by atoms with van der Waals surface area (Å²) in [6.07, 6.45) is 0. The van der Waals surface area contributed by atoms with Crippen LogP contribution in [0.5, 0.6) is 11.5 Å². The second-order valence-electron chi connectivity index (χ2n) is 4.99. The van der Waals surface area contributed by atoms with Gasteiger partial charge in [0.15, 0.2) is 6.61 Å². The number of ether oxygens (including phenoxy) is 3. The van der Waals surface area contributed by atoms with E-state index in [-0.39, 0.29) is 11.3 Å². The van der Waals surface area contributed by atoms with E-state index in [1.807, 2.05) is 6.92 Å². The van der Waals surface area contributed by atoms with Crippen molar-refractivity contribution in [2.75, 3.05) is 18.5 Å². The van der Waals surface area contributed by atoms with Crippen LogP contribution in [0.3, 0.4) is 0 Å². The van der Waals surface area contributed by atoms with Crippen LogP contribution in [-0.4, -0.2) is 31.7 Å². The van der Waals surface area contributed by atoms with E-state index in [1.54, 1.807) is 24.3 Å². The summed E-state index contributed by atoms with van der Waals surface area (Å²) in [6, 6.07) is 11.8. The number of esters is 1. The Bertz CT molecular complexity index is 750. The summed E-state index contributed by atoms with van der Waals surface area (Å²) < 4.78 is 38.7. The predicted octanol–water partition coefficient (Wildman–Crippen LogP) is 3.48. The molecule has 0 aliphatic rings. The summed E-state index contributed by atoms with van der Waals surface area (Å²) in [4.78, 5) is 23.7. The predicted molar refractivity (Wildman–Crippen MR) is 89.6 cm³/mol. The maximum atomic E-state index is 12.2. The zero-order chi connectivity index (χ0) is 18.9. The molecule has 2 rings (SSSR count). The van der Waals surface area contributed by atoms with Crippen molar-refractivity contribution in [1.29, 1.82) is 0 Å². The molecule has 0 unspecified atom stereocenters. The van der Waals surface area contributed by atoms with Crippen molar-refractivity contribution < 1.29 is 32.6 Å². The van der Waals surface area contributed by atoms with Gasteiger partial charge in [0.1, 0.15) is 11.5 Å². The Morgan fingerprint density at radius 1 is 1.08 bits per heavy atom. The smallest absolute Gasteiger partial charge is 0.387 e. The Morgan fingerprint density at radius 2 is 1.81 bits per heavy atom. The van der Waals surface area contributed by atoms with E-state index in [2.05, 4.69) is 10.1 Å². The van der Waals surface area contributed by atoms with Crippen molar-refractivity contribution in [2.45, 2.75) is 13.5 Å². The molecule has 2 aromatic carbocycles. The Kier molecular flexibility index (Phi) is 6.90. The van der Waals surface area contributed by atoms with Gasteiger partial charge in [-0.05, 0) is 49.4 Å². The maximum Gasteiger partial charge on any atom is 0.387 e. The van der Waals surface area contributed by atoms with E-state index < -0.39 is 25.1 Å². The Morgan fingerprint density at radius 3 is 2.46 bits per heavy atom. The van der Waals surface area contributed by atoms with Crippen molar-refractivity contribution in [3.8, 4) is 11.5 Å². The number of carbonyl (C=O) groups excluding carboxylic acids is 2. The third-order valence-electron chi connectivity index (χ3n) is 3.08. The summed E-state index contributed by atoms with van der Waals surface area (Å²) in [5.74, 6) is -0.870. The first-order valence-corrected chi connectivity index (χ1v) is 7.72. The van der Waals surface area contributed by atoms with Gasteiger partial charge in [-0.3, -0.25) is 4.79 Å². The molecule has 1 amide bonds. The first-order valence-electron chi connectivity index (χ1n) is 7.72. The number of anilines is 1. The fourth-order valence-corrected chi connectivity index (χ4v) is 2.01. The van der Waals surface area contributed by atoms with Crippen molar-refractivity contribution in [1.82, 2.24) is 0 Å². The van der Waals surface area contributed by atoms with Crippen molar-refractivity contribution in [3.63, 3.8) is 0 Å². The van der Waals surface area contributed by atoms with Crippen LogP contribution in [0.25, 0.3) is 0 Å². The highest BCUT2D eigenvalue weighted by molar-refractivity contribution is 5.95. The van der Waals surface area contributed by atoms with Gasteiger partial charge in [-0.2, -0.15) is 8.78 Å². The van der Waals surface area contributed by atoms with Crippen LogP contribution in [0, 0.1) is 0 Å². The Labute approximate surface area is 148 Å². The molecule has 0 saturated carbocycles. The first kappa shape index (κ1) is 19.2. The van der Waals surface area contributed by atoms with E-state index in [4.69, 9.17) is 9.47 Å². The highest BCUT2D eigenvalue weighted by Crippen LogP contribution is 2.17. The lowest BCUT2D eigenvalue weighted by Gasteiger charge is -2.09. The van der Waals surface area contributed by atoms with Crippen LogP contribution in [0.15, 0.2) is 48.5 Å². The lowest BCUT2D eigenvalue weighted by Crippen LogP contribution is -2.21. The van der Waals surface area contributed by atoms with Crippen molar-refractivity contribution >= 4 is 17.6 Å². The second kappa shape index (κ2) is 9.36. The number of halogens is 2. The molecule has 0 spiro atoms. The van der Waals surface area contributed by atoms with Gasteiger partial charge >= 0.3 is 12.6 Å².